The van der Waals surface area contributed by atoms with Crippen molar-refractivity contribution in [1.82, 2.24) is 0 Å². The van der Waals surface area contributed by atoms with E-state index in [4.69, 9.17) is 5.11 Å². The average Bonchev–Trinajstić information content (AvgIpc) is 2.10. The first-order valence-corrected chi connectivity index (χ1v) is 6.28. The lowest BCUT2D eigenvalue weighted by molar-refractivity contribution is 0.320. The number of hydrogen-bond donors (Lipinski definition) is 2. The fraction of sp³-hybridized carbons (Fsp3) is 0.400. The highest BCUT2D eigenvalue weighted by molar-refractivity contribution is 7.92. The number of aryl methyl sites for hydroxylation is 2. The first kappa shape index (κ1) is 12.0. The molecule has 0 heterocycles. The molecule has 0 spiro atoms. The molecule has 0 aliphatic rings. The largest absolute Gasteiger partial charge is 0.395 e. The molecule has 0 saturated carbocycles. The molecule has 0 aliphatic heterocycles. The molecule has 0 atom stereocenters. The maximum absolute atomic E-state index is 11.4. The topological polar surface area (TPSA) is 66.4 Å². The quantitative estimate of drug-likeness (QED) is 0.810. The normalized spacial score (nSPS) is 11.4. The van der Waals surface area contributed by atoms with Gasteiger partial charge in [0.05, 0.1) is 18.0 Å². The van der Waals surface area contributed by atoms with Gasteiger partial charge < -0.3 is 5.11 Å². The van der Waals surface area contributed by atoms with Gasteiger partial charge in [-0.2, -0.15) is 0 Å². The van der Waals surface area contributed by atoms with E-state index in [1.807, 2.05) is 26.0 Å². The number of rotatable bonds is 4. The Morgan fingerprint density at radius 1 is 1.33 bits per heavy atom. The van der Waals surface area contributed by atoms with Gasteiger partial charge in [-0.25, -0.2) is 8.42 Å². The van der Waals surface area contributed by atoms with Crippen LogP contribution in [0.15, 0.2) is 18.2 Å². The molecule has 0 fully saturated rings. The van der Waals surface area contributed by atoms with Crippen molar-refractivity contribution < 1.29 is 13.5 Å². The number of benzene rings is 1. The van der Waals surface area contributed by atoms with Crippen molar-refractivity contribution in [2.24, 2.45) is 0 Å². The standard InChI is InChI=1S/C10H15NO3S/c1-8-3-4-9(2)10(7-8)11-15(13,14)6-5-12/h3-4,7,11-12H,5-6H2,1-2H3. The molecule has 0 unspecified atom stereocenters. The summed E-state index contributed by atoms with van der Waals surface area (Å²) in [5.74, 6) is -0.277. The molecule has 0 bridgehead atoms. The molecule has 15 heavy (non-hydrogen) atoms. The number of sulfonamides is 1. The van der Waals surface area contributed by atoms with E-state index in [0.29, 0.717) is 5.69 Å². The average molecular weight is 229 g/mol. The minimum Gasteiger partial charge on any atom is -0.395 e. The van der Waals surface area contributed by atoms with Crippen molar-refractivity contribution in [3.05, 3.63) is 29.3 Å². The van der Waals surface area contributed by atoms with E-state index in [1.54, 1.807) is 6.07 Å². The SMILES string of the molecule is Cc1ccc(C)c(NS(=O)(=O)CCO)c1. The fourth-order valence-electron chi connectivity index (χ4n) is 1.18. The first-order chi connectivity index (χ1) is 6.94. The maximum atomic E-state index is 11.4. The van der Waals surface area contributed by atoms with Gasteiger partial charge in [-0.3, -0.25) is 4.72 Å². The summed E-state index contributed by atoms with van der Waals surface area (Å²) in [5, 5.41) is 8.58. The van der Waals surface area contributed by atoms with Crippen LogP contribution in [0.2, 0.25) is 0 Å². The molecular weight excluding hydrogens is 214 g/mol. The lowest BCUT2D eigenvalue weighted by atomic mass is 10.1. The van der Waals surface area contributed by atoms with Crippen LogP contribution in [0.25, 0.3) is 0 Å². The van der Waals surface area contributed by atoms with Crippen LogP contribution < -0.4 is 4.72 Å². The zero-order valence-corrected chi connectivity index (χ0v) is 9.63. The molecular formula is C10H15NO3S. The van der Waals surface area contributed by atoms with Crippen LogP contribution in [0, 0.1) is 13.8 Å². The van der Waals surface area contributed by atoms with Gasteiger partial charge >= 0.3 is 0 Å². The zero-order valence-electron chi connectivity index (χ0n) is 8.82. The van der Waals surface area contributed by atoms with Crippen LogP contribution >= 0.6 is 0 Å². The second-order valence-corrected chi connectivity index (χ2v) is 5.30. The van der Waals surface area contributed by atoms with E-state index < -0.39 is 10.0 Å². The number of aliphatic hydroxyl groups is 1. The minimum absolute atomic E-state index is 0.277. The zero-order chi connectivity index (χ0) is 11.5. The predicted molar refractivity (Wildman–Crippen MR) is 60.4 cm³/mol. The summed E-state index contributed by atoms with van der Waals surface area (Å²) in [6.45, 7) is 3.35. The second kappa shape index (κ2) is 4.63. The third kappa shape index (κ3) is 3.53. The lowest BCUT2D eigenvalue weighted by Gasteiger charge is -2.10. The van der Waals surface area contributed by atoms with Crippen molar-refractivity contribution in [2.75, 3.05) is 17.1 Å². The Balaban J connectivity index is 2.94. The van der Waals surface area contributed by atoms with E-state index in [-0.39, 0.29) is 12.4 Å². The van der Waals surface area contributed by atoms with Gasteiger partial charge in [0, 0.05) is 0 Å². The molecule has 0 aromatic heterocycles. The Morgan fingerprint density at radius 3 is 2.60 bits per heavy atom. The van der Waals surface area contributed by atoms with Gasteiger partial charge in [0.2, 0.25) is 10.0 Å². The highest BCUT2D eigenvalue weighted by Crippen LogP contribution is 2.17. The second-order valence-electron chi connectivity index (χ2n) is 3.46. The van der Waals surface area contributed by atoms with E-state index in [0.717, 1.165) is 11.1 Å². The van der Waals surface area contributed by atoms with Gasteiger partial charge in [0.1, 0.15) is 0 Å². The van der Waals surface area contributed by atoms with Crippen LogP contribution in [0.4, 0.5) is 5.69 Å². The Morgan fingerprint density at radius 2 is 2.00 bits per heavy atom. The van der Waals surface area contributed by atoms with Crippen LogP contribution in [0.3, 0.4) is 0 Å². The third-order valence-corrected chi connectivity index (χ3v) is 3.27. The molecule has 5 heteroatoms. The highest BCUT2D eigenvalue weighted by Gasteiger charge is 2.10. The van der Waals surface area contributed by atoms with Crippen LogP contribution in [0.5, 0.6) is 0 Å². The van der Waals surface area contributed by atoms with Crippen LogP contribution in [-0.2, 0) is 10.0 Å². The summed E-state index contributed by atoms with van der Waals surface area (Å²) >= 11 is 0. The van der Waals surface area contributed by atoms with Crippen LogP contribution in [-0.4, -0.2) is 25.9 Å². The minimum atomic E-state index is -3.42. The third-order valence-electron chi connectivity index (χ3n) is 2.02. The number of aliphatic hydroxyl groups excluding tert-OH is 1. The Labute approximate surface area is 90.0 Å². The molecule has 84 valence electrons. The monoisotopic (exact) mass is 229 g/mol. The highest BCUT2D eigenvalue weighted by atomic mass is 32.2. The van der Waals surface area contributed by atoms with Crippen molar-refractivity contribution in [1.29, 1.82) is 0 Å². The number of nitrogens with one attached hydrogen (secondary N) is 1. The molecule has 0 radical (unpaired) electrons. The molecule has 1 aromatic rings. The van der Waals surface area contributed by atoms with Crippen molar-refractivity contribution in [2.45, 2.75) is 13.8 Å². The van der Waals surface area contributed by atoms with E-state index >= 15 is 0 Å². The lowest BCUT2D eigenvalue weighted by Crippen LogP contribution is -2.19. The predicted octanol–water partition coefficient (Wildman–Crippen LogP) is 1.04. The van der Waals surface area contributed by atoms with E-state index in [2.05, 4.69) is 4.72 Å². The first-order valence-electron chi connectivity index (χ1n) is 4.63. The van der Waals surface area contributed by atoms with Gasteiger partial charge in [0.15, 0.2) is 0 Å². The molecule has 1 rings (SSSR count). The van der Waals surface area contributed by atoms with Crippen molar-refractivity contribution >= 4 is 15.7 Å². The summed E-state index contributed by atoms with van der Waals surface area (Å²) in [7, 11) is -3.42. The number of anilines is 1. The van der Waals surface area contributed by atoms with Gasteiger partial charge in [-0.1, -0.05) is 12.1 Å². The van der Waals surface area contributed by atoms with Crippen molar-refractivity contribution in [3.8, 4) is 0 Å². The molecule has 2 N–H and O–H groups in total. The summed E-state index contributed by atoms with van der Waals surface area (Å²) < 4.78 is 25.2. The van der Waals surface area contributed by atoms with Gasteiger partial charge in [-0.05, 0) is 31.0 Å². The summed E-state index contributed by atoms with van der Waals surface area (Å²) in [6, 6.07) is 5.54. The Kier molecular flexibility index (Phi) is 3.71. The van der Waals surface area contributed by atoms with Gasteiger partial charge in [0.25, 0.3) is 0 Å². The van der Waals surface area contributed by atoms with E-state index in [1.165, 1.54) is 0 Å². The van der Waals surface area contributed by atoms with Crippen LogP contribution in [0.1, 0.15) is 11.1 Å². The summed E-state index contributed by atoms with van der Waals surface area (Å²) in [6.07, 6.45) is 0. The summed E-state index contributed by atoms with van der Waals surface area (Å²) in [4.78, 5) is 0. The molecule has 1 aromatic carbocycles. The maximum Gasteiger partial charge on any atom is 0.234 e. The molecule has 0 saturated heterocycles. The van der Waals surface area contributed by atoms with E-state index in [9.17, 15) is 8.42 Å². The molecule has 4 nitrogen and oxygen atoms in total. The van der Waals surface area contributed by atoms with Gasteiger partial charge in [-0.15, -0.1) is 0 Å². The Bertz CT molecular complexity index is 440. The fourth-order valence-corrected chi connectivity index (χ4v) is 2.08. The summed E-state index contributed by atoms with van der Waals surface area (Å²) in [5.41, 5.74) is 2.42. The molecule has 0 aliphatic carbocycles. The smallest absolute Gasteiger partial charge is 0.234 e. The Hall–Kier alpha value is -1.07. The molecule has 0 amide bonds. The number of hydrogen-bond acceptors (Lipinski definition) is 3. The van der Waals surface area contributed by atoms with Crippen molar-refractivity contribution in [3.63, 3.8) is 0 Å².